The molecule has 0 spiro atoms. The van der Waals surface area contributed by atoms with Crippen LogP contribution in [0, 0.1) is 3.57 Å². The summed E-state index contributed by atoms with van der Waals surface area (Å²) in [4.78, 5) is 11.9. The Labute approximate surface area is 149 Å². The molecule has 2 aromatic rings. The Morgan fingerprint density at radius 1 is 1.13 bits per heavy atom. The highest BCUT2D eigenvalue weighted by Crippen LogP contribution is 2.36. The molecule has 0 radical (unpaired) electrons. The van der Waals surface area contributed by atoms with Crippen molar-refractivity contribution in [2.24, 2.45) is 0 Å². The van der Waals surface area contributed by atoms with Crippen molar-refractivity contribution in [2.75, 3.05) is 17.2 Å². The molecule has 23 heavy (non-hydrogen) atoms. The van der Waals surface area contributed by atoms with Gasteiger partial charge in [0.2, 0.25) is 5.91 Å². The Morgan fingerprint density at radius 2 is 1.83 bits per heavy atom. The first-order valence-corrected chi connectivity index (χ1v) is 7.88. The molecule has 0 saturated carbocycles. The summed E-state index contributed by atoms with van der Waals surface area (Å²) in [6.07, 6.45) is -4.60. The van der Waals surface area contributed by atoms with Gasteiger partial charge in [0.05, 0.1) is 17.8 Å². The van der Waals surface area contributed by atoms with Crippen molar-refractivity contribution >= 4 is 51.5 Å². The molecule has 0 aromatic heterocycles. The summed E-state index contributed by atoms with van der Waals surface area (Å²) in [5.41, 5.74) is -0.570. The molecule has 0 unspecified atom stereocenters. The van der Waals surface area contributed by atoms with Crippen LogP contribution in [0.15, 0.2) is 42.5 Å². The number of carbonyl (C=O) groups excluding carboxylic acids is 1. The van der Waals surface area contributed by atoms with E-state index in [0.29, 0.717) is 0 Å². The van der Waals surface area contributed by atoms with E-state index >= 15 is 0 Å². The number of nitrogens with one attached hydrogen (secondary N) is 2. The molecule has 0 aliphatic heterocycles. The third-order valence-corrected chi connectivity index (χ3v) is 4.05. The monoisotopic (exact) mass is 454 g/mol. The van der Waals surface area contributed by atoms with Crippen LogP contribution in [0.25, 0.3) is 0 Å². The average Bonchev–Trinajstić information content (AvgIpc) is 2.47. The average molecular weight is 455 g/mol. The molecule has 0 bridgehead atoms. The predicted molar refractivity (Wildman–Crippen MR) is 92.7 cm³/mol. The molecular formula is C15H11ClF3IN2O. The molecule has 0 heterocycles. The van der Waals surface area contributed by atoms with Gasteiger partial charge in [0.25, 0.3) is 0 Å². The molecular weight excluding hydrogens is 444 g/mol. The zero-order valence-corrected chi connectivity index (χ0v) is 14.5. The van der Waals surface area contributed by atoms with Gasteiger partial charge in [-0.15, -0.1) is 0 Å². The Balaban J connectivity index is 2.08. The minimum Gasteiger partial charge on any atom is -0.375 e. The fourth-order valence-electron chi connectivity index (χ4n) is 1.83. The third-order valence-electron chi connectivity index (χ3n) is 2.87. The molecule has 0 aliphatic rings. The highest BCUT2D eigenvalue weighted by atomic mass is 127. The molecule has 3 nitrogen and oxygen atoms in total. The number of hydrogen-bond donors (Lipinski definition) is 2. The van der Waals surface area contributed by atoms with E-state index < -0.39 is 17.6 Å². The molecule has 2 N–H and O–H groups in total. The number of rotatable bonds is 4. The summed E-state index contributed by atoms with van der Waals surface area (Å²) < 4.78 is 39.8. The van der Waals surface area contributed by atoms with Crippen LogP contribution in [0.1, 0.15) is 5.56 Å². The first kappa shape index (κ1) is 17.9. The molecule has 0 saturated heterocycles. The fraction of sp³-hybridized carbons (Fsp3) is 0.133. The Bertz CT molecular complexity index is 722. The van der Waals surface area contributed by atoms with E-state index in [-0.39, 0.29) is 17.3 Å². The van der Waals surface area contributed by atoms with Crippen LogP contribution in [0.4, 0.5) is 24.5 Å². The van der Waals surface area contributed by atoms with Gasteiger partial charge in [0, 0.05) is 14.3 Å². The van der Waals surface area contributed by atoms with Gasteiger partial charge in [-0.1, -0.05) is 23.7 Å². The first-order valence-electron chi connectivity index (χ1n) is 6.42. The standard InChI is InChI=1S/C15H11ClF3IN2O/c16-9-5-6-12(10(7-9)15(17,18)19)22-14(23)8-21-13-4-2-1-3-11(13)20/h1-7,21H,8H2,(H,22,23). The second kappa shape index (κ2) is 7.39. The molecule has 0 atom stereocenters. The number of para-hydroxylation sites is 1. The number of halogens is 5. The second-order valence-electron chi connectivity index (χ2n) is 4.57. The molecule has 2 aromatic carbocycles. The van der Waals surface area contributed by atoms with Crippen LogP contribution in [-0.4, -0.2) is 12.5 Å². The minimum absolute atomic E-state index is 0.0488. The van der Waals surface area contributed by atoms with Gasteiger partial charge in [-0.2, -0.15) is 13.2 Å². The molecule has 0 fully saturated rings. The van der Waals surface area contributed by atoms with Crippen molar-refractivity contribution in [3.05, 3.63) is 56.6 Å². The molecule has 1 amide bonds. The molecule has 2 rings (SSSR count). The summed E-state index contributed by atoms with van der Waals surface area (Å²) in [6, 6.07) is 10.5. The summed E-state index contributed by atoms with van der Waals surface area (Å²) in [5, 5.41) is 5.08. The number of amides is 1. The Morgan fingerprint density at radius 3 is 2.48 bits per heavy atom. The van der Waals surface area contributed by atoms with Crippen molar-refractivity contribution in [3.8, 4) is 0 Å². The maximum atomic E-state index is 13.0. The van der Waals surface area contributed by atoms with E-state index in [1.807, 2.05) is 12.1 Å². The van der Waals surface area contributed by atoms with E-state index in [1.54, 1.807) is 12.1 Å². The summed E-state index contributed by atoms with van der Waals surface area (Å²) in [6.45, 7) is -0.153. The van der Waals surface area contributed by atoms with Crippen LogP contribution in [0.3, 0.4) is 0 Å². The molecule has 0 aliphatic carbocycles. The maximum Gasteiger partial charge on any atom is 0.418 e. The topological polar surface area (TPSA) is 41.1 Å². The van der Waals surface area contributed by atoms with Gasteiger partial charge in [-0.25, -0.2) is 0 Å². The van der Waals surface area contributed by atoms with Gasteiger partial charge >= 0.3 is 6.18 Å². The number of anilines is 2. The smallest absolute Gasteiger partial charge is 0.375 e. The zero-order chi connectivity index (χ0) is 17.0. The highest BCUT2D eigenvalue weighted by molar-refractivity contribution is 14.1. The maximum absolute atomic E-state index is 13.0. The largest absolute Gasteiger partial charge is 0.418 e. The highest BCUT2D eigenvalue weighted by Gasteiger charge is 2.34. The molecule has 8 heteroatoms. The first-order chi connectivity index (χ1) is 10.8. The van der Waals surface area contributed by atoms with Gasteiger partial charge in [0.15, 0.2) is 0 Å². The summed E-state index contributed by atoms with van der Waals surface area (Å²) in [7, 11) is 0. The van der Waals surface area contributed by atoms with Crippen LogP contribution in [-0.2, 0) is 11.0 Å². The fourth-order valence-corrected chi connectivity index (χ4v) is 2.58. The van der Waals surface area contributed by atoms with Crippen molar-refractivity contribution in [1.29, 1.82) is 0 Å². The normalized spacial score (nSPS) is 11.2. The SMILES string of the molecule is O=C(CNc1ccccc1I)Nc1ccc(Cl)cc1C(F)(F)F. The van der Waals surface area contributed by atoms with Crippen molar-refractivity contribution in [3.63, 3.8) is 0 Å². The van der Waals surface area contributed by atoms with Crippen LogP contribution in [0.5, 0.6) is 0 Å². The molecule has 122 valence electrons. The minimum atomic E-state index is -4.60. The lowest BCUT2D eigenvalue weighted by atomic mass is 10.1. The summed E-state index contributed by atoms with van der Waals surface area (Å²) in [5.74, 6) is -0.586. The van der Waals surface area contributed by atoms with E-state index in [9.17, 15) is 18.0 Å². The van der Waals surface area contributed by atoms with Crippen LogP contribution in [0.2, 0.25) is 5.02 Å². The van der Waals surface area contributed by atoms with E-state index in [1.165, 1.54) is 6.07 Å². The predicted octanol–water partition coefficient (Wildman–Crippen LogP) is 5.01. The quantitative estimate of drug-likeness (QED) is 0.638. The Kier molecular flexibility index (Phi) is 5.74. The number of carbonyl (C=O) groups is 1. The van der Waals surface area contributed by atoms with E-state index in [2.05, 4.69) is 33.2 Å². The number of hydrogen-bond acceptors (Lipinski definition) is 2. The van der Waals surface area contributed by atoms with E-state index in [0.717, 1.165) is 21.4 Å². The zero-order valence-electron chi connectivity index (χ0n) is 11.5. The van der Waals surface area contributed by atoms with Crippen molar-refractivity contribution in [1.82, 2.24) is 0 Å². The van der Waals surface area contributed by atoms with Crippen LogP contribution >= 0.6 is 34.2 Å². The lowest BCUT2D eigenvalue weighted by molar-refractivity contribution is -0.137. The van der Waals surface area contributed by atoms with Crippen LogP contribution < -0.4 is 10.6 Å². The number of alkyl halides is 3. The second-order valence-corrected chi connectivity index (χ2v) is 6.17. The lowest BCUT2D eigenvalue weighted by Gasteiger charge is -2.15. The van der Waals surface area contributed by atoms with Gasteiger partial charge in [-0.3, -0.25) is 4.79 Å². The number of benzene rings is 2. The lowest BCUT2D eigenvalue weighted by Crippen LogP contribution is -2.23. The summed E-state index contributed by atoms with van der Waals surface area (Å²) >= 11 is 7.68. The van der Waals surface area contributed by atoms with E-state index in [4.69, 9.17) is 11.6 Å². The van der Waals surface area contributed by atoms with Gasteiger partial charge in [-0.05, 0) is 52.9 Å². The van der Waals surface area contributed by atoms with Gasteiger partial charge < -0.3 is 10.6 Å². The Hall–Kier alpha value is -1.48. The van der Waals surface area contributed by atoms with Gasteiger partial charge in [0.1, 0.15) is 0 Å². The van der Waals surface area contributed by atoms with Crippen molar-refractivity contribution in [2.45, 2.75) is 6.18 Å². The van der Waals surface area contributed by atoms with Crippen molar-refractivity contribution < 1.29 is 18.0 Å². The third kappa shape index (κ3) is 5.00.